The van der Waals surface area contributed by atoms with Gasteiger partial charge in [-0.15, -0.1) is 0 Å². The van der Waals surface area contributed by atoms with Crippen LogP contribution in [0, 0.1) is 13.8 Å². The Morgan fingerprint density at radius 1 is 1.29 bits per heavy atom. The fourth-order valence-corrected chi connectivity index (χ4v) is 2.91. The van der Waals surface area contributed by atoms with Crippen molar-refractivity contribution >= 4 is 15.9 Å². The van der Waals surface area contributed by atoms with E-state index in [4.69, 9.17) is 4.74 Å². The van der Waals surface area contributed by atoms with E-state index in [1.165, 1.54) is 11.4 Å². The van der Waals surface area contributed by atoms with Crippen molar-refractivity contribution in [3.8, 4) is 5.75 Å². The van der Waals surface area contributed by atoms with Gasteiger partial charge in [-0.2, -0.15) is 12.7 Å². The summed E-state index contributed by atoms with van der Waals surface area (Å²) in [6.45, 7) is 4.98. The summed E-state index contributed by atoms with van der Waals surface area (Å²) in [6, 6.07) is 3.72. The molecule has 0 atom stereocenters. The number of nitrogens with one attached hydrogen (secondary N) is 1. The first-order valence-electron chi connectivity index (χ1n) is 5.37. The number of anilines is 1. The number of nitrogens with zero attached hydrogens (tertiary/aromatic N) is 1. The summed E-state index contributed by atoms with van der Waals surface area (Å²) in [4.78, 5) is 0. The van der Waals surface area contributed by atoms with Crippen LogP contribution in [-0.2, 0) is 10.2 Å². The third-order valence-electron chi connectivity index (χ3n) is 2.61. The van der Waals surface area contributed by atoms with Crippen molar-refractivity contribution in [1.82, 2.24) is 4.31 Å². The van der Waals surface area contributed by atoms with Crippen LogP contribution in [0.15, 0.2) is 12.1 Å². The number of ether oxygens (including phenoxy) is 1. The molecule has 1 aromatic rings. The molecule has 0 spiro atoms. The normalized spacial score (nSPS) is 15.7. The lowest BCUT2D eigenvalue weighted by Crippen LogP contribution is -2.21. The number of hydrogen-bond donors (Lipinski definition) is 1. The van der Waals surface area contributed by atoms with Crippen molar-refractivity contribution in [2.24, 2.45) is 0 Å². The first-order valence-corrected chi connectivity index (χ1v) is 6.81. The zero-order valence-corrected chi connectivity index (χ0v) is 11.0. The smallest absolute Gasteiger partial charge is 0.301 e. The standard InChI is InChI=1S/C11H16N2O3S/c1-8-6-9(2)11(16-3)10(7-8)12-17(14,15)13-4-5-13/h6-7,12H,4-5H2,1-3H3. The van der Waals surface area contributed by atoms with E-state index in [9.17, 15) is 8.42 Å². The highest BCUT2D eigenvalue weighted by Gasteiger charge is 2.32. The van der Waals surface area contributed by atoms with E-state index in [0.717, 1.165) is 11.1 Å². The minimum absolute atomic E-state index is 0.497. The minimum Gasteiger partial charge on any atom is -0.494 e. The molecule has 0 aliphatic carbocycles. The number of hydrogen-bond acceptors (Lipinski definition) is 3. The molecule has 1 N–H and O–H groups in total. The lowest BCUT2D eigenvalue weighted by Gasteiger charge is -2.14. The topological polar surface area (TPSA) is 58.4 Å². The third kappa shape index (κ3) is 2.53. The van der Waals surface area contributed by atoms with Crippen LogP contribution < -0.4 is 9.46 Å². The van der Waals surface area contributed by atoms with E-state index in [-0.39, 0.29) is 0 Å². The van der Waals surface area contributed by atoms with Crippen molar-refractivity contribution in [3.63, 3.8) is 0 Å². The second-order valence-corrected chi connectivity index (χ2v) is 5.84. The quantitative estimate of drug-likeness (QED) is 0.826. The number of methoxy groups -OCH3 is 1. The van der Waals surface area contributed by atoms with Crippen molar-refractivity contribution in [1.29, 1.82) is 0 Å². The highest BCUT2D eigenvalue weighted by atomic mass is 32.2. The molecule has 0 saturated carbocycles. The Kier molecular flexibility index (Phi) is 3.01. The van der Waals surface area contributed by atoms with Crippen LogP contribution in [0.2, 0.25) is 0 Å². The summed E-state index contributed by atoms with van der Waals surface area (Å²) >= 11 is 0. The van der Waals surface area contributed by atoms with E-state index in [1.807, 2.05) is 19.9 Å². The lowest BCUT2D eigenvalue weighted by molar-refractivity contribution is 0.413. The monoisotopic (exact) mass is 256 g/mol. The van der Waals surface area contributed by atoms with E-state index in [2.05, 4.69) is 4.72 Å². The molecule has 1 heterocycles. The van der Waals surface area contributed by atoms with Crippen LogP contribution in [0.25, 0.3) is 0 Å². The van der Waals surface area contributed by atoms with Gasteiger partial charge in [-0.25, -0.2) is 0 Å². The van der Waals surface area contributed by atoms with Crippen LogP contribution >= 0.6 is 0 Å². The molecular formula is C11H16N2O3S. The van der Waals surface area contributed by atoms with Gasteiger partial charge >= 0.3 is 10.2 Å². The molecule has 0 aromatic heterocycles. The molecule has 6 heteroatoms. The molecule has 1 aromatic carbocycles. The van der Waals surface area contributed by atoms with Gasteiger partial charge in [0.05, 0.1) is 12.8 Å². The molecule has 1 saturated heterocycles. The first kappa shape index (κ1) is 12.2. The van der Waals surface area contributed by atoms with Crippen molar-refractivity contribution < 1.29 is 13.2 Å². The van der Waals surface area contributed by atoms with Gasteiger partial charge in [0, 0.05) is 13.1 Å². The number of rotatable bonds is 4. The summed E-state index contributed by atoms with van der Waals surface area (Å²) in [5.41, 5.74) is 2.40. The van der Waals surface area contributed by atoms with E-state index >= 15 is 0 Å². The molecular weight excluding hydrogens is 240 g/mol. The van der Waals surface area contributed by atoms with Crippen molar-refractivity contribution in [3.05, 3.63) is 23.3 Å². The van der Waals surface area contributed by atoms with Gasteiger partial charge < -0.3 is 4.74 Å². The Bertz CT molecular complexity index is 536. The average molecular weight is 256 g/mol. The minimum atomic E-state index is -3.40. The first-order chi connectivity index (χ1) is 7.94. The highest BCUT2D eigenvalue weighted by Crippen LogP contribution is 2.31. The Balaban J connectivity index is 2.37. The third-order valence-corrected chi connectivity index (χ3v) is 4.13. The Labute approximate surface area is 102 Å². The van der Waals surface area contributed by atoms with Gasteiger partial charge in [-0.1, -0.05) is 6.07 Å². The largest absolute Gasteiger partial charge is 0.494 e. The van der Waals surface area contributed by atoms with Crippen LogP contribution in [0.5, 0.6) is 5.75 Å². The zero-order chi connectivity index (χ0) is 12.6. The van der Waals surface area contributed by atoms with Crippen molar-refractivity contribution in [2.75, 3.05) is 24.9 Å². The van der Waals surface area contributed by atoms with Crippen LogP contribution in [0.4, 0.5) is 5.69 Å². The fourth-order valence-electron chi connectivity index (χ4n) is 1.79. The van der Waals surface area contributed by atoms with Gasteiger partial charge in [-0.3, -0.25) is 4.72 Å². The second kappa shape index (κ2) is 4.19. The molecule has 1 fully saturated rings. The lowest BCUT2D eigenvalue weighted by atomic mass is 10.1. The van der Waals surface area contributed by atoms with Crippen LogP contribution in [0.3, 0.4) is 0 Å². The summed E-state index contributed by atoms with van der Waals surface area (Å²) in [5.74, 6) is 0.570. The number of benzene rings is 1. The Morgan fingerprint density at radius 3 is 2.47 bits per heavy atom. The predicted octanol–water partition coefficient (Wildman–Crippen LogP) is 1.28. The molecule has 0 bridgehead atoms. The summed E-state index contributed by atoms with van der Waals surface area (Å²) in [7, 11) is -1.87. The van der Waals surface area contributed by atoms with E-state index < -0.39 is 10.2 Å². The SMILES string of the molecule is COc1c(C)cc(C)cc1NS(=O)(=O)N1CC1. The molecule has 1 aliphatic rings. The van der Waals surface area contributed by atoms with Gasteiger partial charge in [0.15, 0.2) is 0 Å². The van der Waals surface area contributed by atoms with Gasteiger partial charge in [0.2, 0.25) is 0 Å². The molecule has 0 unspecified atom stereocenters. The molecule has 5 nitrogen and oxygen atoms in total. The zero-order valence-electron chi connectivity index (χ0n) is 10.1. The summed E-state index contributed by atoms with van der Waals surface area (Å²) in [5, 5.41) is 0. The fraction of sp³-hybridized carbons (Fsp3) is 0.455. The Hall–Kier alpha value is -1.27. The van der Waals surface area contributed by atoms with Gasteiger partial charge in [-0.05, 0) is 31.0 Å². The maximum atomic E-state index is 11.8. The van der Waals surface area contributed by atoms with Crippen molar-refractivity contribution in [2.45, 2.75) is 13.8 Å². The van der Waals surface area contributed by atoms with Gasteiger partial charge in [0.25, 0.3) is 0 Å². The van der Waals surface area contributed by atoms with Crippen LogP contribution in [0.1, 0.15) is 11.1 Å². The molecule has 1 aliphatic heterocycles. The molecule has 0 radical (unpaired) electrons. The van der Waals surface area contributed by atoms with Crippen LogP contribution in [-0.4, -0.2) is 32.9 Å². The maximum Gasteiger partial charge on any atom is 0.301 e. The molecule has 2 rings (SSSR count). The maximum absolute atomic E-state index is 11.8. The summed E-state index contributed by atoms with van der Waals surface area (Å²) < 4.78 is 32.8. The Morgan fingerprint density at radius 2 is 1.94 bits per heavy atom. The predicted molar refractivity (Wildman–Crippen MR) is 66.6 cm³/mol. The van der Waals surface area contributed by atoms with E-state index in [0.29, 0.717) is 24.5 Å². The summed E-state index contributed by atoms with van der Waals surface area (Å²) in [6.07, 6.45) is 0. The molecule has 0 amide bonds. The van der Waals surface area contributed by atoms with Gasteiger partial charge in [0.1, 0.15) is 5.75 Å². The molecule has 17 heavy (non-hydrogen) atoms. The van der Waals surface area contributed by atoms with E-state index in [1.54, 1.807) is 6.07 Å². The number of aryl methyl sites for hydroxylation is 2. The second-order valence-electron chi connectivity index (χ2n) is 4.17. The molecule has 94 valence electrons. The average Bonchev–Trinajstić information content (AvgIpc) is 2.98. The highest BCUT2D eigenvalue weighted by molar-refractivity contribution is 7.90.